The molecule has 0 spiro atoms. The van der Waals surface area contributed by atoms with Crippen LogP contribution in [0.4, 0.5) is 24.7 Å². The Balaban J connectivity index is 1.74. The number of benzene rings is 1. The summed E-state index contributed by atoms with van der Waals surface area (Å²) in [6.07, 6.45) is 2.11. The van der Waals surface area contributed by atoms with Gasteiger partial charge in [0.2, 0.25) is 0 Å². The van der Waals surface area contributed by atoms with Gasteiger partial charge in [-0.25, -0.2) is 23.1 Å². The number of carbonyl (C=O) groups excluding carboxylic acids is 1. The molecule has 0 radical (unpaired) electrons. The van der Waals surface area contributed by atoms with E-state index in [4.69, 9.17) is 5.73 Å². The highest BCUT2D eigenvalue weighted by atomic mass is 19.1. The molecule has 0 atom stereocenters. The van der Waals surface area contributed by atoms with Crippen LogP contribution >= 0.6 is 0 Å². The van der Waals surface area contributed by atoms with E-state index in [2.05, 4.69) is 15.3 Å². The standard InChI is InChI=1S/C19H15F3N4O/c20-13-8-15(22)18(26-10-13)17(27)7-11-3-4-14(21)12(6-11)9-25-16-2-1-5-24-19(16)23/h1-6,8,10,25H,7,9H2,(H2,23,24). The Hall–Kier alpha value is -3.42. The number of aromatic nitrogens is 2. The van der Waals surface area contributed by atoms with Crippen molar-refractivity contribution in [3.05, 3.63) is 83.1 Å². The molecule has 0 saturated heterocycles. The summed E-state index contributed by atoms with van der Waals surface area (Å²) in [5.74, 6) is -2.71. The minimum atomic E-state index is -1.03. The number of carbonyl (C=O) groups is 1. The fourth-order valence-corrected chi connectivity index (χ4v) is 2.52. The highest BCUT2D eigenvalue weighted by Crippen LogP contribution is 2.18. The SMILES string of the molecule is Nc1ncccc1NCc1cc(CC(=O)c2ncc(F)cc2F)ccc1F. The Labute approximate surface area is 153 Å². The molecule has 0 unspecified atom stereocenters. The van der Waals surface area contributed by atoms with Gasteiger partial charge in [-0.15, -0.1) is 0 Å². The first-order valence-electron chi connectivity index (χ1n) is 8.00. The van der Waals surface area contributed by atoms with Gasteiger partial charge in [-0.3, -0.25) is 4.79 Å². The Morgan fingerprint density at radius 3 is 2.63 bits per heavy atom. The van der Waals surface area contributed by atoms with E-state index in [9.17, 15) is 18.0 Å². The molecule has 3 rings (SSSR count). The number of pyridine rings is 2. The second kappa shape index (κ2) is 7.86. The summed E-state index contributed by atoms with van der Waals surface area (Å²) >= 11 is 0. The number of hydrogen-bond donors (Lipinski definition) is 2. The predicted molar refractivity (Wildman–Crippen MR) is 94.6 cm³/mol. The average molecular weight is 372 g/mol. The van der Waals surface area contributed by atoms with Gasteiger partial charge in [0.05, 0.1) is 11.9 Å². The van der Waals surface area contributed by atoms with Crippen LogP contribution in [0.15, 0.2) is 48.8 Å². The van der Waals surface area contributed by atoms with Gasteiger partial charge < -0.3 is 11.1 Å². The smallest absolute Gasteiger partial charge is 0.188 e. The highest BCUT2D eigenvalue weighted by Gasteiger charge is 2.16. The molecule has 27 heavy (non-hydrogen) atoms. The molecular weight excluding hydrogens is 357 g/mol. The fourth-order valence-electron chi connectivity index (χ4n) is 2.52. The Kier molecular flexibility index (Phi) is 5.35. The lowest BCUT2D eigenvalue weighted by Gasteiger charge is -2.10. The van der Waals surface area contributed by atoms with Crippen molar-refractivity contribution >= 4 is 17.3 Å². The van der Waals surface area contributed by atoms with Crippen LogP contribution in [0.25, 0.3) is 0 Å². The van der Waals surface area contributed by atoms with Crippen LogP contribution in [0, 0.1) is 17.5 Å². The van der Waals surface area contributed by atoms with Gasteiger partial charge in [0.1, 0.15) is 23.1 Å². The molecule has 0 aliphatic heterocycles. The van der Waals surface area contributed by atoms with Gasteiger partial charge in [-0.2, -0.15) is 0 Å². The van der Waals surface area contributed by atoms with Crippen molar-refractivity contribution in [3.63, 3.8) is 0 Å². The Morgan fingerprint density at radius 2 is 1.89 bits per heavy atom. The molecule has 8 heteroatoms. The van der Waals surface area contributed by atoms with Gasteiger partial charge in [0.25, 0.3) is 0 Å². The number of rotatable bonds is 6. The number of nitrogens with one attached hydrogen (secondary N) is 1. The largest absolute Gasteiger partial charge is 0.382 e. The summed E-state index contributed by atoms with van der Waals surface area (Å²) in [6, 6.07) is 8.13. The van der Waals surface area contributed by atoms with E-state index in [1.807, 2.05) is 0 Å². The van der Waals surface area contributed by atoms with E-state index in [0.29, 0.717) is 22.9 Å². The van der Waals surface area contributed by atoms with Gasteiger partial charge in [-0.05, 0) is 23.8 Å². The lowest BCUT2D eigenvalue weighted by Crippen LogP contribution is -2.10. The quantitative estimate of drug-likeness (QED) is 0.647. The summed E-state index contributed by atoms with van der Waals surface area (Å²) in [6.45, 7) is 0.118. The van der Waals surface area contributed by atoms with Crippen molar-refractivity contribution in [2.75, 3.05) is 11.1 Å². The molecule has 0 aliphatic carbocycles. The third kappa shape index (κ3) is 4.41. The molecule has 3 aromatic rings. The molecule has 138 valence electrons. The van der Waals surface area contributed by atoms with Crippen LogP contribution in [0.3, 0.4) is 0 Å². The topological polar surface area (TPSA) is 80.9 Å². The van der Waals surface area contributed by atoms with Gasteiger partial charge in [0, 0.05) is 30.8 Å². The third-order valence-electron chi connectivity index (χ3n) is 3.85. The molecular formula is C19H15F3N4O. The maximum atomic E-state index is 14.1. The summed E-state index contributed by atoms with van der Waals surface area (Å²) < 4.78 is 40.7. The van der Waals surface area contributed by atoms with E-state index >= 15 is 0 Å². The molecule has 2 heterocycles. The number of hydrogen-bond acceptors (Lipinski definition) is 5. The molecule has 0 amide bonds. The molecule has 5 nitrogen and oxygen atoms in total. The molecule has 3 N–H and O–H groups in total. The zero-order chi connectivity index (χ0) is 19.4. The number of nitrogens with two attached hydrogens (primary N) is 1. The number of anilines is 2. The lowest BCUT2D eigenvalue weighted by molar-refractivity contribution is 0.0983. The summed E-state index contributed by atoms with van der Waals surface area (Å²) in [5, 5.41) is 2.97. The van der Waals surface area contributed by atoms with Crippen molar-refractivity contribution in [1.29, 1.82) is 0 Å². The second-order valence-electron chi connectivity index (χ2n) is 5.80. The molecule has 0 saturated carbocycles. The van der Waals surface area contributed by atoms with E-state index in [1.165, 1.54) is 24.4 Å². The first-order valence-corrected chi connectivity index (χ1v) is 8.00. The maximum Gasteiger partial charge on any atom is 0.188 e. The first-order chi connectivity index (χ1) is 12.9. The lowest BCUT2D eigenvalue weighted by atomic mass is 10.0. The van der Waals surface area contributed by atoms with Crippen molar-refractivity contribution in [2.24, 2.45) is 0 Å². The number of Topliss-reactive ketones (excluding diaryl/α,β-unsaturated/α-hetero) is 1. The number of halogens is 3. The van der Waals surface area contributed by atoms with Crippen LogP contribution in [0.5, 0.6) is 0 Å². The molecule has 0 aliphatic rings. The van der Waals surface area contributed by atoms with E-state index < -0.39 is 28.9 Å². The first kappa shape index (κ1) is 18.4. The Bertz CT molecular complexity index is 994. The second-order valence-corrected chi connectivity index (χ2v) is 5.80. The normalized spacial score (nSPS) is 10.6. The number of ketones is 1. The third-order valence-corrected chi connectivity index (χ3v) is 3.85. The average Bonchev–Trinajstić information content (AvgIpc) is 2.63. The molecule has 1 aromatic carbocycles. The summed E-state index contributed by atoms with van der Waals surface area (Å²) in [5.41, 5.74) is 6.60. The fraction of sp³-hybridized carbons (Fsp3) is 0.105. The summed E-state index contributed by atoms with van der Waals surface area (Å²) in [7, 11) is 0. The number of nitrogens with zero attached hydrogens (tertiary/aromatic N) is 2. The van der Waals surface area contributed by atoms with E-state index in [0.717, 1.165) is 6.20 Å². The maximum absolute atomic E-state index is 14.1. The van der Waals surface area contributed by atoms with Crippen LogP contribution in [-0.2, 0) is 13.0 Å². The molecule has 0 bridgehead atoms. The van der Waals surface area contributed by atoms with E-state index in [-0.39, 0.29) is 18.8 Å². The zero-order valence-electron chi connectivity index (χ0n) is 14.0. The van der Waals surface area contributed by atoms with Crippen LogP contribution < -0.4 is 11.1 Å². The van der Waals surface area contributed by atoms with Crippen molar-refractivity contribution in [1.82, 2.24) is 9.97 Å². The highest BCUT2D eigenvalue weighted by molar-refractivity contribution is 5.96. The minimum absolute atomic E-state index is 0.118. The number of nitrogen functional groups attached to an aromatic ring is 1. The van der Waals surface area contributed by atoms with Crippen LogP contribution in [0.1, 0.15) is 21.6 Å². The van der Waals surface area contributed by atoms with Crippen LogP contribution in [0.2, 0.25) is 0 Å². The monoisotopic (exact) mass is 372 g/mol. The van der Waals surface area contributed by atoms with Gasteiger partial charge in [-0.1, -0.05) is 12.1 Å². The molecule has 0 fully saturated rings. The van der Waals surface area contributed by atoms with Crippen LogP contribution in [-0.4, -0.2) is 15.8 Å². The van der Waals surface area contributed by atoms with E-state index in [1.54, 1.807) is 12.1 Å². The van der Waals surface area contributed by atoms with Gasteiger partial charge >= 0.3 is 0 Å². The van der Waals surface area contributed by atoms with Crippen molar-refractivity contribution in [2.45, 2.75) is 13.0 Å². The van der Waals surface area contributed by atoms with Crippen molar-refractivity contribution in [3.8, 4) is 0 Å². The zero-order valence-corrected chi connectivity index (χ0v) is 14.0. The summed E-state index contributed by atoms with van der Waals surface area (Å²) in [4.78, 5) is 19.6. The van der Waals surface area contributed by atoms with Gasteiger partial charge in [0.15, 0.2) is 11.6 Å². The van der Waals surface area contributed by atoms with Crippen molar-refractivity contribution < 1.29 is 18.0 Å². The minimum Gasteiger partial charge on any atom is -0.382 e. The molecule has 2 aromatic heterocycles. The Morgan fingerprint density at radius 1 is 1.07 bits per heavy atom. The predicted octanol–water partition coefficient (Wildman–Crippen LogP) is 3.51.